The number of hydrogen-bond donors (Lipinski definition) is 1. The topological polar surface area (TPSA) is 43.1 Å². The Kier molecular flexibility index (Phi) is 4.63. The van der Waals surface area contributed by atoms with Gasteiger partial charge in [0.15, 0.2) is 0 Å². The maximum atomic E-state index is 10.4. The van der Waals surface area contributed by atoms with Gasteiger partial charge in [0, 0.05) is 6.42 Å². The molecule has 0 spiro atoms. The fraction of sp³-hybridized carbons (Fsp3) is 0.625. The van der Waals surface area contributed by atoms with Crippen LogP contribution in [0.5, 0.6) is 0 Å². The van der Waals surface area contributed by atoms with Gasteiger partial charge in [0.1, 0.15) is 0 Å². The number of amides is 1. The Hall–Kier alpha value is -0.790. The molecule has 2 heteroatoms. The highest BCUT2D eigenvalue weighted by Crippen LogP contribution is 2.06. The summed E-state index contributed by atoms with van der Waals surface area (Å²) in [7, 11) is 0. The molecule has 0 aromatic carbocycles. The van der Waals surface area contributed by atoms with Gasteiger partial charge >= 0.3 is 0 Å². The molecule has 2 N–H and O–H groups in total. The van der Waals surface area contributed by atoms with Gasteiger partial charge in [-0.25, -0.2) is 0 Å². The Morgan fingerprint density at radius 3 is 2.70 bits per heavy atom. The van der Waals surface area contributed by atoms with E-state index < -0.39 is 0 Å². The largest absolute Gasteiger partial charge is 0.370 e. The second-order valence-electron chi connectivity index (χ2n) is 2.58. The molecule has 0 aromatic rings. The minimum atomic E-state index is -0.211. The summed E-state index contributed by atoms with van der Waals surface area (Å²) in [6.07, 6.45) is 5.47. The molecule has 0 aliphatic carbocycles. The van der Waals surface area contributed by atoms with E-state index in [4.69, 9.17) is 5.73 Å². The second-order valence-corrected chi connectivity index (χ2v) is 2.58. The number of carbonyl (C=O) groups is 1. The molecule has 0 rings (SSSR count). The molecule has 10 heavy (non-hydrogen) atoms. The Labute approximate surface area is 62.1 Å². The fourth-order valence-electron chi connectivity index (χ4n) is 0.795. The van der Waals surface area contributed by atoms with Gasteiger partial charge in [-0.3, -0.25) is 4.79 Å². The summed E-state index contributed by atoms with van der Waals surface area (Å²) in [4.78, 5) is 10.4. The van der Waals surface area contributed by atoms with Gasteiger partial charge in [-0.05, 0) is 19.3 Å². The van der Waals surface area contributed by atoms with Crippen molar-refractivity contribution < 1.29 is 4.79 Å². The highest BCUT2D eigenvalue weighted by Gasteiger charge is 2.02. The predicted molar refractivity (Wildman–Crippen MR) is 42.4 cm³/mol. The van der Waals surface area contributed by atoms with Crippen LogP contribution in [0, 0.1) is 5.92 Å². The van der Waals surface area contributed by atoms with Crippen molar-refractivity contribution in [3.63, 3.8) is 0 Å². The van der Waals surface area contributed by atoms with Crippen molar-refractivity contribution in [1.29, 1.82) is 0 Å². The van der Waals surface area contributed by atoms with Crippen LogP contribution < -0.4 is 5.73 Å². The molecule has 0 aromatic heterocycles. The lowest BCUT2D eigenvalue weighted by Crippen LogP contribution is -2.14. The maximum Gasteiger partial charge on any atom is 0.217 e. The van der Waals surface area contributed by atoms with Gasteiger partial charge in [-0.2, -0.15) is 0 Å². The third-order valence-corrected chi connectivity index (χ3v) is 1.32. The SMILES string of the molecule is C/C=C/C[C@@H](C)CC(N)=O. The molecule has 1 atom stereocenters. The molecule has 0 unspecified atom stereocenters. The molecule has 58 valence electrons. The number of rotatable bonds is 4. The molecule has 0 fully saturated rings. The fourth-order valence-corrected chi connectivity index (χ4v) is 0.795. The standard InChI is InChI=1S/C8H15NO/c1-3-4-5-7(2)6-8(9)10/h3-4,7H,5-6H2,1-2H3,(H2,9,10)/b4-3+/t7-/m1/s1. The van der Waals surface area contributed by atoms with Crippen LogP contribution in [0.25, 0.3) is 0 Å². The quantitative estimate of drug-likeness (QED) is 0.592. The van der Waals surface area contributed by atoms with Crippen molar-refractivity contribution in [3.8, 4) is 0 Å². The number of carbonyl (C=O) groups excluding carboxylic acids is 1. The molecular weight excluding hydrogens is 126 g/mol. The number of nitrogens with two attached hydrogens (primary N) is 1. The van der Waals surface area contributed by atoms with Crippen LogP contribution in [0.15, 0.2) is 12.2 Å². The molecule has 2 nitrogen and oxygen atoms in total. The van der Waals surface area contributed by atoms with Gasteiger partial charge in [-0.15, -0.1) is 0 Å². The van der Waals surface area contributed by atoms with Gasteiger partial charge in [0.05, 0.1) is 0 Å². The van der Waals surface area contributed by atoms with E-state index in [2.05, 4.69) is 0 Å². The zero-order valence-corrected chi connectivity index (χ0v) is 6.63. The highest BCUT2D eigenvalue weighted by molar-refractivity contribution is 5.73. The summed E-state index contributed by atoms with van der Waals surface area (Å²) >= 11 is 0. The lowest BCUT2D eigenvalue weighted by Gasteiger charge is -2.03. The summed E-state index contributed by atoms with van der Waals surface area (Å²) in [6.45, 7) is 3.99. The van der Waals surface area contributed by atoms with Crippen LogP contribution in [-0.4, -0.2) is 5.91 Å². The van der Waals surface area contributed by atoms with Crippen molar-refractivity contribution in [2.75, 3.05) is 0 Å². The van der Waals surface area contributed by atoms with E-state index in [9.17, 15) is 4.79 Å². The summed E-state index contributed by atoms with van der Waals surface area (Å²) in [5, 5.41) is 0. The van der Waals surface area contributed by atoms with Crippen LogP contribution in [0.3, 0.4) is 0 Å². The molecule has 1 amide bonds. The molecule has 0 heterocycles. The van der Waals surface area contributed by atoms with Gasteiger partial charge in [-0.1, -0.05) is 19.1 Å². The normalized spacial score (nSPS) is 13.8. The van der Waals surface area contributed by atoms with Crippen molar-refractivity contribution >= 4 is 5.91 Å². The van der Waals surface area contributed by atoms with Crippen LogP contribution in [0.4, 0.5) is 0 Å². The minimum Gasteiger partial charge on any atom is -0.370 e. The molecule has 0 radical (unpaired) electrons. The first-order chi connectivity index (χ1) is 4.66. The van der Waals surface area contributed by atoms with Crippen molar-refractivity contribution in [2.45, 2.75) is 26.7 Å². The Balaban J connectivity index is 3.43. The van der Waals surface area contributed by atoms with E-state index in [0.717, 1.165) is 6.42 Å². The summed E-state index contributed by atoms with van der Waals surface area (Å²) in [5.74, 6) is 0.172. The van der Waals surface area contributed by atoms with E-state index in [1.165, 1.54) is 0 Å². The average molecular weight is 141 g/mol. The Bertz CT molecular complexity index is 129. The number of allylic oxidation sites excluding steroid dienone is 2. The zero-order valence-electron chi connectivity index (χ0n) is 6.63. The molecule has 0 aliphatic heterocycles. The Morgan fingerprint density at radius 1 is 1.70 bits per heavy atom. The van der Waals surface area contributed by atoms with Gasteiger partial charge in [0.2, 0.25) is 5.91 Å². The van der Waals surface area contributed by atoms with E-state index in [-0.39, 0.29) is 5.91 Å². The third-order valence-electron chi connectivity index (χ3n) is 1.32. The van der Waals surface area contributed by atoms with E-state index in [0.29, 0.717) is 12.3 Å². The van der Waals surface area contributed by atoms with Crippen molar-refractivity contribution in [1.82, 2.24) is 0 Å². The Morgan fingerprint density at radius 2 is 2.30 bits per heavy atom. The lowest BCUT2D eigenvalue weighted by molar-refractivity contribution is -0.118. The maximum absolute atomic E-state index is 10.4. The first-order valence-electron chi connectivity index (χ1n) is 3.56. The average Bonchev–Trinajstić information content (AvgIpc) is 1.82. The van der Waals surface area contributed by atoms with Crippen LogP contribution in [-0.2, 0) is 4.79 Å². The lowest BCUT2D eigenvalue weighted by atomic mass is 10.0. The first-order valence-corrected chi connectivity index (χ1v) is 3.56. The van der Waals surface area contributed by atoms with E-state index in [1.54, 1.807) is 0 Å². The van der Waals surface area contributed by atoms with Crippen molar-refractivity contribution in [2.24, 2.45) is 11.7 Å². The second kappa shape index (κ2) is 5.03. The molecule has 0 aliphatic rings. The summed E-state index contributed by atoms with van der Waals surface area (Å²) in [5.41, 5.74) is 5.00. The van der Waals surface area contributed by atoms with E-state index in [1.807, 2.05) is 26.0 Å². The first kappa shape index (κ1) is 9.21. The number of primary amides is 1. The molecule has 0 bridgehead atoms. The third kappa shape index (κ3) is 5.35. The van der Waals surface area contributed by atoms with Gasteiger partial charge < -0.3 is 5.73 Å². The molecule has 0 saturated heterocycles. The number of hydrogen-bond acceptors (Lipinski definition) is 1. The van der Waals surface area contributed by atoms with E-state index >= 15 is 0 Å². The summed E-state index contributed by atoms with van der Waals surface area (Å²) < 4.78 is 0. The van der Waals surface area contributed by atoms with Gasteiger partial charge in [0.25, 0.3) is 0 Å². The predicted octanol–water partition coefficient (Wildman–Crippen LogP) is 1.46. The van der Waals surface area contributed by atoms with Crippen LogP contribution in [0.2, 0.25) is 0 Å². The minimum absolute atomic E-state index is 0.211. The highest BCUT2D eigenvalue weighted by atomic mass is 16.1. The smallest absolute Gasteiger partial charge is 0.217 e. The zero-order chi connectivity index (χ0) is 7.98. The van der Waals surface area contributed by atoms with Crippen molar-refractivity contribution in [3.05, 3.63) is 12.2 Å². The summed E-state index contributed by atoms with van der Waals surface area (Å²) in [6, 6.07) is 0. The van der Waals surface area contributed by atoms with Crippen LogP contribution >= 0.6 is 0 Å². The molecular formula is C8H15NO. The monoisotopic (exact) mass is 141 g/mol. The van der Waals surface area contributed by atoms with Crippen LogP contribution in [0.1, 0.15) is 26.7 Å². The molecule has 0 saturated carbocycles.